The summed E-state index contributed by atoms with van der Waals surface area (Å²) in [5.41, 5.74) is 1.03. The van der Waals surface area contributed by atoms with Gasteiger partial charge in [-0.15, -0.1) is 0 Å². The standard InChI is InChI=1S/C19H23ClO3/c1-3-21-16-6-8-17(9-7-16)22-12-4-5-13-23-18-10-11-19(20)15(2)14-18/h6-11,14H,3-5,12-13H2,1-2H3. The predicted molar refractivity (Wildman–Crippen MR) is 94.0 cm³/mol. The van der Waals surface area contributed by atoms with Gasteiger partial charge < -0.3 is 14.2 Å². The molecular formula is C19H23ClO3. The van der Waals surface area contributed by atoms with E-state index in [1.807, 2.05) is 56.3 Å². The lowest BCUT2D eigenvalue weighted by Gasteiger charge is -2.09. The number of hydrogen-bond acceptors (Lipinski definition) is 3. The first kappa shape index (κ1) is 17.5. The van der Waals surface area contributed by atoms with Crippen LogP contribution in [0.4, 0.5) is 0 Å². The van der Waals surface area contributed by atoms with Crippen LogP contribution in [0, 0.1) is 6.92 Å². The molecule has 0 aliphatic heterocycles. The molecule has 0 heterocycles. The molecule has 0 N–H and O–H groups in total. The van der Waals surface area contributed by atoms with Gasteiger partial charge in [0, 0.05) is 5.02 Å². The average Bonchev–Trinajstić information content (AvgIpc) is 2.56. The van der Waals surface area contributed by atoms with Crippen LogP contribution in [0.1, 0.15) is 25.3 Å². The van der Waals surface area contributed by atoms with Gasteiger partial charge in [-0.2, -0.15) is 0 Å². The molecule has 0 spiro atoms. The number of rotatable bonds is 9. The number of aryl methyl sites for hydroxylation is 1. The molecule has 3 nitrogen and oxygen atoms in total. The molecule has 4 heteroatoms. The summed E-state index contributed by atoms with van der Waals surface area (Å²) in [6.07, 6.45) is 1.89. The number of benzene rings is 2. The Labute approximate surface area is 143 Å². The SMILES string of the molecule is CCOc1ccc(OCCCCOc2ccc(Cl)c(C)c2)cc1. The Balaban J connectivity index is 1.61. The summed E-state index contributed by atoms with van der Waals surface area (Å²) < 4.78 is 16.8. The van der Waals surface area contributed by atoms with E-state index >= 15 is 0 Å². The quantitative estimate of drug-likeness (QED) is 0.583. The lowest BCUT2D eigenvalue weighted by atomic mass is 10.2. The van der Waals surface area contributed by atoms with Crippen LogP contribution in [0.15, 0.2) is 42.5 Å². The first-order valence-corrected chi connectivity index (χ1v) is 8.31. The van der Waals surface area contributed by atoms with Gasteiger partial charge in [0.2, 0.25) is 0 Å². The van der Waals surface area contributed by atoms with Crippen molar-refractivity contribution in [2.24, 2.45) is 0 Å². The van der Waals surface area contributed by atoms with Crippen LogP contribution in [-0.2, 0) is 0 Å². The Morgan fingerprint density at radius 1 is 0.783 bits per heavy atom. The molecular weight excluding hydrogens is 312 g/mol. The zero-order valence-electron chi connectivity index (χ0n) is 13.7. The van der Waals surface area contributed by atoms with E-state index in [0.717, 1.165) is 40.7 Å². The number of ether oxygens (including phenoxy) is 3. The van der Waals surface area contributed by atoms with E-state index in [-0.39, 0.29) is 0 Å². The average molecular weight is 335 g/mol. The van der Waals surface area contributed by atoms with Crippen molar-refractivity contribution < 1.29 is 14.2 Å². The van der Waals surface area contributed by atoms with Gasteiger partial charge in [-0.1, -0.05) is 11.6 Å². The molecule has 0 saturated carbocycles. The first-order valence-electron chi connectivity index (χ1n) is 7.93. The fourth-order valence-corrected chi connectivity index (χ4v) is 2.21. The maximum absolute atomic E-state index is 5.99. The highest BCUT2D eigenvalue weighted by molar-refractivity contribution is 6.31. The van der Waals surface area contributed by atoms with Crippen molar-refractivity contribution in [3.63, 3.8) is 0 Å². The number of hydrogen-bond donors (Lipinski definition) is 0. The van der Waals surface area contributed by atoms with Gasteiger partial charge in [0.25, 0.3) is 0 Å². The first-order chi connectivity index (χ1) is 11.2. The molecule has 0 radical (unpaired) electrons. The summed E-state index contributed by atoms with van der Waals surface area (Å²) >= 11 is 5.99. The molecule has 2 aromatic carbocycles. The third kappa shape index (κ3) is 6.03. The predicted octanol–water partition coefficient (Wildman–Crippen LogP) is 5.29. The van der Waals surface area contributed by atoms with Gasteiger partial charge in [-0.05, 0) is 74.7 Å². The molecule has 0 fully saturated rings. The zero-order chi connectivity index (χ0) is 16.5. The van der Waals surface area contributed by atoms with Crippen LogP contribution in [-0.4, -0.2) is 19.8 Å². The Kier molecular flexibility index (Phi) is 7.08. The van der Waals surface area contributed by atoms with Gasteiger partial charge >= 0.3 is 0 Å². The molecule has 0 aliphatic carbocycles. The molecule has 124 valence electrons. The summed E-state index contributed by atoms with van der Waals surface area (Å²) in [4.78, 5) is 0. The highest BCUT2D eigenvalue weighted by Crippen LogP contribution is 2.21. The van der Waals surface area contributed by atoms with Gasteiger partial charge in [0.05, 0.1) is 19.8 Å². The van der Waals surface area contributed by atoms with Crippen molar-refractivity contribution in [2.75, 3.05) is 19.8 Å². The van der Waals surface area contributed by atoms with Crippen molar-refractivity contribution in [1.29, 1.82) is 0 Å². The van der Waals surface area contributed by atoms with Crippen LogP contribution < -0.4 is 14.2 Å². The lowest BCUT2D eigenvalue weighted by molar-refractivity contribution is 0.266. The molecule has 0 atom stereocenters. The molecule has 0 aliphatic rings. The van der Waals surface area contributed by atoms with Gasteiger partial charge in [-0.25, -0.2) is 0 Å². The summed E-state index contributed by atoms with van der Waals surface area (Å²) in [6, 6.07) is 13.4. The van der Waals surface area contributed by atoms with Gasteiger partial charge in [0.1, 0.15) is 17.2 Å². The molecule has 2 rings (SSSR count). The number of unbranched alkanes of at least 4 members (excludes halogenated alkanes) is 1. The monoisotopic (exact) mass is 334 g/mol. The summed E-state index contributed by atoms with van der Waals surface area (Å²) in [7, 11) is 0. The van der Waals surface area contributed by atoms with Crippen molar-refractivity contribution in [3.8, 4) is 17.2 Å². The van der Waals surface area contributed by atoms with Gasteiger partial charge in [0.15, 0.2) is 0 Å². The normalized spacial score (nSPS) is 10.4. The van der Waals surface area contributed by atoms with Gasteiger partial charge in [-0.3, -0.25) is 0 Å². The minimum Gasteiger partial charge on any atom is -0.494 e. The van der Waals surface area contributed by atoms with E-state index in [0.29, 0.717) is 19.8 Å². The lowest BCUT2D eigenvalue weighted by Crippen LogP contribution is -2.02. The van der Waals surface area contributed by atoms with Crippen molar-refractivity contribution in [3.05, 3.63) is 53.1 Å². The maximum atomic E-state index is 5.99. The Morgan fingerprint density at radius 2 is 1.30 bits per heavy atom. The van der Waals surface area contributed by atoms with Crippen LogP contribution >= 0.6 is 11.6 Å². The van der Waals surface area contributed by atoms with E-state index in [9.17, 15) is 0 Å². The zero-order valence-corrected chi connectivity index (χ0v) is 14.4. The minimum atomic E-state index is 0.674. The molecule has 2 aromatic rings. The van der Waals surface area contributed by atoms with E-state index in [1.165, 1.54) is 0 Å². The van der Waals surface area contributed by atoms with Crippen LogP contribution in [0.5, 0.6) is 17.2 Å². The summed E-state index contributed by atoms with van der Waals surface area (Å²) in [5.74, 6) is 2.59. The van der Waals surface area contributed by atoms with E-state index in [1.54, 1.807) is 0 Å². The van der Waals surface area contributed by atoms with Crippen LogP contribution in [0.2, 0.25) is 5.02 Å². The minimum absolute atomic E-state index is 0.674. The van der Waals surface area contributed by atoms with Crippen molar-refractivity contribution in [1.82, 2.24) is 0 Å². The topological polar surface area (TPSA) is 27.7 Å². The Hall–Kier alpha value is -1.87. The fraction of sp³-hybridized carbons (Fsp3) is 0.368. The van der Waals surface area contributed by atoms with E-state index in [4.69, 9.17) is 25.8 Å². The molecule has 23 heavy (non-hydrogen) atoms. The second-order valence-corrected chi connectivity index (χ2v) is 5.63. The van der Waals surface area contributed by atoms with Crippen molar-refractivity contribution >= 4 is 11.6 Å². The highest BCUT2D eigenvalue weighted by Gasteiger charge is 1.99. The summed E-state index contributed by atoms with van der Waals surface area (Å²) in [5, 5.41) is 0.765. The van der Waals surface area contributed by atoms with Crippen molar-refractivity contribution in [2.45, 2.75) is 26.7 Å². The third-order valence-corrected chi connectivity index (χ3v) is 3.76. The smallest absolute Gasteiger partial charge is 0.119 e. The second-order valence-electron chi connectivity index (χ2n) is 5.22. The Bertz CT molecular complexity index is 596. The molecule has 0 unspecified atom stereocenters. The molecule has 0 amide bonds. The number of halogens is 1. The molecule has 0 aromatic heterocycles. The third-order valence-electron chi connectivity index (χ3n) is 3.34. The summed E-state index contributed by atoms with van der Waals surface area (Å²) in [6.45, 7) is 5.97. The van der Waals surface area contributed by atoms with Crippen LogP contribution in [0.3, 0.4) is 0 Å². The highest BCUT2D eigenvalue weighted by atomic mass is 35.5. The second kappa shape index (κ2) is 9.31. The largest absolute Gasteiger partial charge is 0.494 e. The van der Waals surface area contributed by atoms with E-state index in [2.05, 4.69) is 0 Å². The fourth-order valence-electron chi connectivity index (χ4n) is 2.09. The maximum Gasteiger partial charge on any atom is 0.119 e. The molecule has 0 saturated heterocycles. The molecule has 0 bridgehead atoms. The van der Waals surface area contributed by atoms with Crippen LogP contribution in [0.25, 0.3) is 0 Å². The Morgan fingerprint density at radius 3 is 1.87 bits per heavy atom. The van der Waals surface area contributed by atoms with E-state index < -0.39 is 0 Å².